The molecule has 0 bridgehead atoms. The number of nitrogens with one attached hydrogen (secondary N) is 2. The van der Waals surface area contributed by atoms with E-state index in [2.05, 4.69) is 25.3 Å². The van der Waals surface area contributed by atoms with E-state index < -0.39 is 0 Å². The molecule has 0 aliphatic rings. The molecular weight excluding hydrogens is 390 g/mol. The Bertz CT molecular complexity index is 1310. The maximum atomic E-state index is 12.8. The number of fused-ring (bicyclic) bond motifs is 1. The van der Waals surface area contributed by atoms with Crippen molar-refractivity contribution in [3.8, 4) is 5.75 Å². The summed E-state index contributed by atoms with van der Waals surface area (Å²) in [6.07, 6.45) is 0.532. The monoisotopic (exact) mass is 415 g/mol. The maximum Gasteiger partial charge on any atom is 0.256 e. The zero-order valence-corrected chi connectivity index (χ0v) is 18.1. The summed E-state index contributed by atoms with van der Waals surface area (Å²) < 4.78 is 5.71. The number of anilines is 2. The summed E-state index contributed by atoms with van der Waals surface area (Å²) in [6.45, 7) is 8.27. The van der Waals surface area contributed by atoms with Crippen LogP contribution in [0.15, 0.2) is 47.3 Å². The number of hydrogen-bond acceptors (Lipinski definition) is 6. The molecule has 0 amide bonds. The summed E-state index contributed by atoms with van der Waals surface area (Å²) in [5.74, 6) is 1.36. The third-order valence-electron chi connectivity index (χ3n) is 5.26. The van der Waals surface area contributed by atoms with Crippen LogP contribution >= 0.6 is 0 Å². The van der Waals surface area contributed by atoms with Gasteiger partial charge in [0.2, 0.25) is 11.9 Å². The van der Waals surface area contributed by atoms with Gasteiger partial charge in [-0.3, -0.25) is 15.1 Å². The summed E-state index contributed by atoms with van der Waals surface area (Å²) in [7, 11) is 0. The number of aromatic amines is 1. The Labute approximate surface area is 180 Å². The normalized spacial score (nSPS) is 11.0. The van der Waals surface area contributed by atoms with Crippen molar-refractivity contribution in [2.45, 2.75) is 34.1 Å². The van der Waals surface area contributed by atoms with Crippen LogP contribution in [0.2, 0.25) is 0 Å². The van der Waals surface area contributed by atoms with E-state index in [0.29, 0.717) is 41.9 Å². The maximum absolute atomic E-state index is 12.8. The first-order valence-corrected chi connectivity index (χ1v) is 10.3. The minimum absolute atomic E-state index is 0.175. The highest BCUT2D eigenvalue weighted by atomic mass is 16.5. The molecule has 2 aromatic heterocycles. The van der Waals surface area contributed by atoms with Gasteiger partial charge in [-0.15, -0.1) is 0 Å². The van der Waals surface area contributed by atoms with Gasteiger partial charge < -0.3 is 4.74 Å². The van der Waals surface area contributed by atoms with Crippen molar-refractivity contribution in [1.82, 2.24) is 19.9 Å². The number of benzene rings is 2. The van der Waals surface area contributed by atoms with Crippen molar-refractivity contribution in [2.75, 3.05) is 11.9 Å². The SMILES string of the molecule is CCOc1cccc2c(C)nc(Nc3nc(C)c(Cc4ccccc4C)c(=O)[nH]3)nc12. The van der Waals surface area contributed by atoms with Crippen LogP contribution in [0.3, 0.4) is 0 Å². The molecule has 7 nitrogen and oxygen atoms in total. The predicted octanol–water partition coefficient (Wildman–Crippen LogP) is 4.37. The molecular formula is C24H25N5O2. The largest absolute Gasteiger partial charge is 0.492 e. The first-order chi connectivity index (χ1) is 15.0. The smallest absolute Gasteiger partial charge is 0.256 e. The molecule has 0 saturated heterocycles. The van der Waals surface area contributed by atoms with Gasteiger partial charge in [-0.25, -0.2) is 15.0 Å². The fraction of sp³-hybridized carbons (Fsp3) is 0.250. The zero-order valence-electron chi connectivity index (χ0n) is 18.1. The zero-order chi connectivity index (χ0) is 22.0. The third kappa shape index (κ3) is 4.26. The van der Waals surface area contributed by atoms with Crippen molar-refractivity contribution < 1.29 is 4.74 Å². The molecule has 7 heteroatoms. The van der Waals surface area contributed by atoms with E-state index in [-0.39, 0.29) is 5.56 Å². The molecule has 0 aliphatic heterocycles. The number of nitrogens with zero attached hydrogens (tertiary/aromatic N) is 3. The van der Waals surface area contributed by atoms with Gasteiger partial charge in [-0.05, 0) is 44.9 Å². The minimum Gasteiger partial charge on any atom is -0.492 e. The van der Waals surface area contributed by atoms with Crippen molar-refractivity contribution in [2.24, 2.45) is 0 Å². The molecule has 0 saturated carbocycles. The van der Waals surface area contributed by atoms with Gasteiger partial charge in [0.05, 0.1) is 18.0 Å². The molecule has 0 spiro atoms. The number of H-pyrrole nitrogens is 1. The summed E-state index contributed by atoms with van der Waals surface area (Å²) in [6, 6.07) is 13.8. The standard InChI is InChI=1S/C24H25N5O2/c1-5-31-20-12-8-11-18-15(3)25-23(27-21(18)20)29-24-26-16(4)19(22(30)28-24)13-17-10-7-6-9-14(17)2/h6-12H,5,13H2,1-4H3,(H2,25,26,27,28,29,30). The first-order valence-electron chi connectivity index (χ1n) is 10.3. The highest BCUT2D eigenvalue weighted by molar-refractivity contribution is 5.87. The van der Waals surface area contributed by atoms with Gasteiger partial charge in [0.25, 0.3) is 5.56 Å². The van der Waals surface area contributed by atoms with Crippen LogP contribution < -0.4 is 15.6 Å². The van der Waals surface area contributed by atoms with E-state index >= 15 is 0 Å². The molecule has 31 heavy (non-hydrogen) atoms. The quantitative estimate of drug-likeness (QED) is 0.486. The van der Waals surface area contributed by atoms with Crippen LogP contribution in [-0.2, 0) is 6.42 Å². The van der Waals surface area contributed by atoms with Crippen LogP contribution in [0.25, 0.3) is 10.9 Å². The predicted molar refractivity (Wildman–Crippen MR) is 122 cm³/mol. The van der Waals surface area contributed by atoms with E-state index in [0.717, 1.165) is 27.7 Å². The lowest BCUT2D eigenvalue weighted by molar-refractivity contribution is 0.343. The van der Waals surface area contributed by atoms with Gasteiger partial charge >= 0.3 is 0 Å². The Morgan fingerprint density at radius 3 is 2.52 bits per heavy atom. The second-order valence-corrected chi connectivity index (χ2v) is 7.42. The number of aryl methyl sites for hydroxylation is 3. The Hall–Kier alpha value is -3.74. The number of aromatic nitrogens is 4. The second kappa shape index (κ2) is 8.55. The number of hydrogen-bond donors (Lipinski definition) is 2. The number of para-hydroxylation sites is 1. The first kappa shape index (κ1) is 20.5. The average Bonchev–Trinajstić information content (AvgIpc) is 2.73. The van der Waals surface area contributed by atoms with Gasteiger partial charge in [0.1, 0.15) is 11.3 Å². The number of rotatable bonds is 6. The lowest BCUT2D eigenvalue weighted by Crippen LogP contribution is -2.19. The molecule has 0 fully saturated rings. The second-order valence-electron chi connectivity index (χ2n) is 7.42. The van der Waals surface area contributed by atoms with Crippen molar-refractivity contribution in [1.29, 1.82) is 0 Å². The Morgan fingerprint density at radius 2 is 1.77 bits per heavy atom. The summed E-state index contributed by atoms with van der Waals surface area (Å²) in [5.41, 5.74) is 4.92. The average molecular weight is 415 g/mol. The molecule has 2 heterocycles. The summed E-state index contributed by atoms with van der Waals surface area (Å²) >= 11 is 0. The summed E-state index contributed by atoms with van der Waals surface area (Å²) in [5, 5.41) is 3.97. The highest BCUT2D eigenvalue weighted by Crippen LogP contribution is 2.27. The van der Waals surface area contributed by atoms with E-state index in [1.807, 2.05) is 70.2 Å². The van der Waals surface area contributed by atoms with Gasteiger partial charge in [-0.1, -0.05) is 36.4 Å². The van der Waals surface area contributed by atoms with E-state index in [1.165, 1.54) is 0 Å². The summed E-state index contributed by atoms with van der Waals surface area (Å²) in [4.78, 5) is 29.3. The Kier molecular flexibility index (Phi) is 5.66. The van der Waals surface area contributed by atoms with Crippen molar-refractivity contribution >= 4 is 22.8 Å². The fourth-order valence-electron chi connectivity index (χ4n) is 3.59. The molecule has 0 aliphatic carbocycles. The Morgan fingerprint density at radius 1 is 0.968 bits per heavy atom. The van der Waals surface area contributed by atoms with Crippen LogP contribution in [0.4, 0.5) is 11.9 Å². The Balaban J connectivity index is 1.67. The fourth-order valence-corrected chi connectivity index (χ4v) is 3.59. The highest BCUT2D eigenvalue weighted by Gasteiger charge is 2.13. The molecule has 4 rings (SSSR count). The van der Waals surface area contributed by atoms with Crippen LogP contribution in [0.5, 0.6) is 5.75 Å². The van der Waals surface area contributed by atoms with E-state index in [1.54, 1.807) is 0 Å². The lowest BCUT2D eigenvalue weighted by atomic mass is 10.0. The molecule has 2 aromatic carbocycles. The molecule has 0 atom stereocenters. The van der Waals surface area contributed by atoms with Gasteiger partial charge in [0, 0.05) is 17.4 Å². The van der Waals surface area contributed by atoms with Crippen molar-refractivity contribution in [3.63, 3.8) is 0 Å². The third-order valence-corrected chi connectivity index (χ3v) is 5.26. The molecule has 4 aromatic rings. The van der Waals surface area contributed by atoms with E-state index in [9.17, 15) is 4.79 Å². The molecule has 0 unspecified atom stereocenters. The van der Waals surface area contributed by atoms with Crippen molar-refractivity contribution in [3.05, 3.63) is 80.9 Å². The number of ether oxygens (including phenoxy) is 1. The molecule has 0 radical (unpaired) electrons. The van der Waals surface area contributed by atoms with Gasteiger partial charge in [-0.2, -0.15) is 0 Å². The lowest BCUT2D eigenvalue weighted by Gasteiger charge is -2.12. The van der Waals surface area contributed by atoms with Gasteiger partial charge in [0.15, 0.2) is 0 Å². The molecule has 158 valence electrons. The topological polar surface area (TPSA) is 92.8 Å². The molecule has 2 N–H and O–H groups in total. The van der Waals surface area contributed by atoms with E-state index in [4.69, 9.17) is 4.74 Å². The van der Waals surface area contributed by atoms with Crippen LogP contribution in [0.1, 0.15) is 35.0 Å². The van der Waals surface area contributed by atoms with Crippen LogP contribution in [-0.4, -0.2) is 26.5 Å². The minimum atomic E-state index is -0.175. The van der Waals surface area contributed by atoms with Crippen LogP contribution in [0, 0.1) is 20.8 Å².